The van der Waals surface area contributed by atoms with Gasteiger partial charge in [0.05, 0.1) is 0 Å². The Hall–Kier alpha value is -0.610. The van der Waals surface area contributed by atoms with Gasteiger partial charge in [-0.1, -0.05) is 6.92 Å². The van der Waals surface area contributed by atoms with E-state index < -0.39 is 12.0 Å². The molecular formula is C7H16N2O2. The van der Waals surface area contributed by atoms with E-state index in [1.165, 1.54) is 5.01 Å². The van der Waals surface area contributed by atoms with Crippen molar-refractivity contribution >= 4 is 5.97 Å². The first kappa shape index (κ1) is 10.4. The van der Waals surface area contributed by atoms with Crippen LogP contribution in [0.15, 0.2) is 0 Å². The Balaban J connectivity index is 4.14. The number of carboxylic acids is 1. The molecule has 0 aliphatic heterocycles. The molecule has 0 aromatic heterocycles. The number of nitrogens with two attached hydrogens (primary N) is 1. The maximum absolute atomic E-state index is 10.6. The van der Waals surface area contributed by atoms with E-state index >= 15 is 0 Å². The molecule has 0 bridgehead atoms. The van der Waals surface area contributed by atoms with Gasteiger partial charge in [-0.25, -0.2) is 5.01 Å². The minimum Gasteiger partial charge on any atom is -0.480 e. The minimum atomic E-state index is -0.858. The quantitative estimate of drug-likeness (QED) is 0.462. The van der Waals surface area contributed by atoms with Crippen LogP contribution in [0, 0.1) is 0 Å². The molecule has 0 aromatic carbocycles. The Morgan fingerprint density at radius 2 is 2.09 bits per heavy atom. The molecule has 1 unspecified atom stereocenters. The molecule has 0 amide bonds. The summed E-state index contributed by atoms with van der Waals surface area (Å²) < 4.78 is 0. The fourth-order valence-corrected chi connectivity index (χ4v) is 0.873. The van der Waals surface area contributed by atoms with E-state index in [-0.39, 0.29) is 6.04 Å². The molecule has 0 saturated heterocycles. The zero-order chi connectivity index (χ0) is 9.02. The lowest BCUT2D eigenvalue weighted by Gasteiger charge is -2.26. The Morgan fingerprint density at radius 1 is 1.64 bits per heavy atom. The second-order valence-electron chi connectivity index (χ2n) is 2.80. The summed E-state index contributed by atoms with van der Waals surface area (Å²) in [7, 11) is 0. The normalized spacial score (nSPS) is 14.0. The number of hydrogen-bond acceptors (Lipinski definition) is 3. The fraction of sp³-hybridized carbons (Fsp3) is 0.857. The van der Waals surface area contributed by atoms with Gasteiger partial charge in [-0.2, -0.15) is 0 Å². The fourth-order valence-electron chi connectivity index (χ4n) is 0.873. The summed E-state index contributed by atoms with van der Waals surface area (Å²) in [4.78, 5) is 10.6. The molecule has 4 nitrogen and oxygen atoms in total. The highest BCUT2D eigenvalue weighted by molar-refractivity contribution is 5.73. The maximum Gasteiger partial charge on any atom is 0.322 e. The van der Waals surface area contributed by atoms with Crippen molar-refractivity contribution in [2.75, 3.05) is 0 Å². The molecule has 0 spiro atoms. The maximum atomic E-state index is 10.6. The summed E-state index contributed by atoms with van der Waals surface area (Å²) in [5.41, 5.74) is 0. The first-order valence-corrected chi connectivity index (χ1v) is 3.76. The third kappa shape index (κ3) is 2.86. The summed E-state index contributed by atoms with van der Waals surface area (Å²) in [5.74, 6) is 4.67. The topological polar surface area (TPSA) is 66.6 Å². The van der Waals surface area contributed by atoms with E-state index in [0.29, 0.717) is 6.42 Å². The molecule has 0 aliphatic carbocycles. The van der Waals surface area contributed by atoms with Gasteiger partial charge >= 0.3 is 5.97 Å². The molecular weight excluding hydrogens is 144 g/mol. The SMILES string of the molecule is CCC(C(=O)O)N(N)C(C)C. The van der Waals surface area contributed by atoms with Gasteiger partial charge in [0.1, 0.15) is 6.04 Å². The lowest BCUT2D eigenvalue weighted by Crippen LogP contribution is -2.49. The van der Waals surface area contributed by atoms with Crippen molar-refractivity contribution in [1.82, 2.24) is 5.01 Å². The number of carbonyl (C=O) groups is 1. The molecule has 0 aliphatic rings. The van der Waals surface area contributed by atoms with E-state index in [1.807, 2.05) is 13.8 Å². The Morgan fingerprint density at radius 3 is 2.18 bits per heavy atom. The summed E-state index contributed by atoms with van der Waals surface area (Å²) in [6, 6.07) is -0.494. The lowest BCUT2D eigenvalue weighted by molar-refractivity contribution is -0.144. The Labute approximate surface area is 67.0 Å². The zero-order valence-corrected chi connectivity index (χ0v) is 7.24. The summed E-state index contributed by atoms with van der Waals surface area (Å²) in [6.45, 7) is 5.54. The number of carboxylic acid groups (broad SMARTS) is 1. The monoisotopic (exact) mass is 160 g/mol. The summed E-state index contributed by atoms with van der Waals surface area (Å²) >= 11 is 0. The molecule has 0 saturated carbocycles. The Kier molecular flexibility index (Phi) is 4.07. The van der Waals surface area contributed by atoms with Crippen LogP contribution in [0.4, 0.5) is 0 Å². The molecule has 0 fully saturated rings. The molecule has 4 heteroatoms. The van der Waals surface area contributed by atoms with Crippen molar-refractivity contribution in [2.45, 2.75) is 39.3 Å². The number of rotatable bonds is 4. The van der Waals surface area contributed by atoms with Crippen LogP contribution in [-0.4, -0.2) is 28.2 Å². The van der Waals surface area contributed by atoms with Crippen LogP contribution >= 0.6 is 0 Å². The van der Waals surface area contributed by atoms with Gasteiger partial charge in [-0.3, -0.25) is 10.6 Å². The van der Waals surface area contributed by atoms with Crippen molar-refractivity contribution in [3.63, 3.8) is 0 Å². The molecule has 0 radical (unpaired) electrons. The highest BCUT2D eigenvalue weighted by atomic mass is 16.4. The van der Waals surface area contributed by atoms with Gasteiger partial charge in [-0.15, -0.1) is 0 Å². The van der Waals surface area contributed by atoms with Crippen LogP contribution in [0.1, 0.15) is 27.2 Å². The molecule has 1 atom stereocenters. The average Bonchev–Trinajstić information content (AvgIpc) is 1.88. The van der Waals surface area contributed by atoms with Gasteiger partial charge < -0.3 is 5.11 Å². The van der Waals surface area contributed by atoms with E-state index in [1.54, 1.807) is 6.92 Å². The van der Waals surface area contributed by atoms with E-state index in [2.05, 4.69) is 0 Å². The lowest BCUT2D eigenvalue weighted by atomic mass is 10.2. The first-order chi connectivity index (χ1) is 5.00. The Bertz CT molecular complexity index is 136. The first-order valence-electron chi connectivity index (χ1n) is 3.76. The van der Waals surface area contributed by atoms with E-state index in [9.17, 15) is 4.79 Å². The molecule has 3 N–H and O–H groups in total. The van der Waals surface area contributed by atoms with Crippen LogP contribution in [0.25, 0.3) is 0 Å². The summed E-state index contributed by atoms with van der Waals surface area (Å²) in [6.07, 6.45) is 0.532. The number of aliphatic carboxylic acids is 1. The minimum absolute atomic E-state index is 0.0658. The van der Waals surface area contributed by atoms with Crippen molar-refractivity contribution in [3.8, 4) is 0 Å². The summed E-state index contributed by atoms with van der Waals surface area (Å²) in [5, 5.41) is 10.0. The predicted octanol–water partition coefficient (Wildman–Crippen LogP) is 0.434. The smallest absolute Gasteiger partial charge is 0.322 e. The van der Waals surface area contributed by atoms with Crippen molar-refractivity contribution in [2.24, 2.45) is 5.84 Å². The van der Waals surface area contributed by atoms with E-state index in [0.717, 1.165) is 0 Å². The molecule has 66 valence electrons. The van der Waals surface area contributed by atoms with Gasteiger partial charge in [0.2, 0.25) is 0 Å². The van der Waals surface area contributed by atoms with Crippen molar-refractivity contribution in [3.05, 3.63) is 0 Å². The van der Waals surface area contributed by atoms with Gasteiger partial charge in [0.25, 0.3) is 0 Å². The molecule has 0 aromatic rings. The highest BCUT2D eigenvalue weighted by Gasteiger charge is 2.22. The van der Waals surface area contributed by atoms with E-state index in [4.69, 9.17) is 10.9 Å². The molecule has 0 heterocycles. The largest absolute Gasteiger partial charge is 0.480 e. The van der Waals surface area contributed by atoms with Crippen molar-refractivity contribution in [1.29, 1.82) is 0 Å². The second kappa shape index (κ2) is 4.31. The van der Waals surface area contributed by atoms with Crippen LogP contribution in [0.5, 0.6) is 0 Å². The highest BCUT2D eigenvalue weighted by Crippen LogP contribution is 2.03. The van der Waals surface area contributed by atoms with Crippen LogP contribution < -0.4 is 5.84 Å². The van der Waals surface area contributed by atoms with Crippen molar-refractivity contribution < 1.29 is 9.90 Å². The standard InChI is InChI=1S/C7H16N2O2/c1-4-6(7(10)11)9(8)5(2)3/h5-6H,4,8H2,1-3H3,(H,10,11). The third-order valence-electron chi connectivity index (χ3n) is 1.63. The van der Waals surface area contributed by atoms with Gasteiger partial charge in [0, 0.05) is 6.04 Å². The zero-order valence-electron chi connectivity index (χ0n) is 7.24. The van der Waals surface area contributed by atoms with Crippen LogP contribution in [0.2, 0.25) is 0 Å². The number of nitrogens with zero attached hydrogens (tertiary/aromatic N) is 1. The second-order valence-corrected chi connectivity index (χ2v) is 2.80. The average molecular weight is 160 g/mol. The van der Waals surface area contributed by atoms with Gasteiger partial charge in [0.15, 0.2) is 0 Å². The number of hydrogen-bond donors (Lipinski definition) is 2. The van der Waals surface area contributed by atoms with Gasteiger partial charge in [-0.05, 0) is 20.3 Å². The molecule has 0 rings (SSSR count). The third-order valence-corrected chi connectivity index (χ3v) is 1.63. The predicted molar refractivity (Wildman–Crippen MR) is 42.9 cm³/mol. The number of hydrazine groups is 1. The molecule has 11 heavy (non-hydrogen) atoms. The van der Waals surface area contributed by atoms with Crippen LogP contribution in [0.3, 0.4) is 0 Å². The van der Waals surface area contributed by atoms with Crippen LogP contribution in [-0.2, 0) is 4.79 Å².